The maximum atomic E-state index is 9.90. The van der Waals surface area contributed by atoms with Crippen molar-refractivity contribution in [1.82, 2.24) is 15.0 Å². The Morgan fingerprint density at radius 2 is 2.32 bits per heavy atom. The average Bonchev–Trinajstić information content (AvgIpc) is 2.93. The second-order valence-electron chi connectivity index (χ2n) is 6.50. The fourth-order valence-electron chi connectivity index (χ4n) is 2.96. The second kappa shape index (κ2) is 8.13. The van der Waals surface area contributed by atoms with E-state index in [9.17, 15) is 5.11 Å². The normalized spacial score (nSPS) is 22.7. The zero-order chi connectivity index (χ0) is 16.0. The van der Waals surface area contributed by atoms with Crippen LogP contribution in [0.4, 0.5) is 0 Å². The molecule has 1 fully saturated rings. The lowest BCUT2D eigenvalue weighted by Gasteiger charge is -2.41. The molecule has 1 aromatic heterocycles. The zero-order valence-electron chi connectivity index (χ0n) is 13.8. The van der Waals surface area contributed by atoms with Gasteiger partial charge in [-0.15, -0.1) is 0 Å². The van der Waals surface area contributed by atoms with Crippen LogP contribution in [0.3, 0.4) is 0 Å². The number of thioether (sulfide) groups is 1. The summed E-state index contributed by atoms with van der Waals surface area (Å²) < 4.78 is 5.33. The van der Waals surface area contributed by atoms with Crippen molar-refractivity contribution in [2.75, 3.05) is 26.0 Å². The van der Waals surface area contributed by atoms with Crippen LogP contribution in [0.25, 0.3) is 0 Å². The Hall–Kier alpha value is -0.850. The quantitative estimate of drug-likeness (QED) is 0.778. The van der Waals surface area contributed by atoms with E-state index >= 15 is 0 Å². The number of allylic oxidation sites excluding steroid dienone is 2. The summed E-state index contributed by atoms with van der Waals surface area (Å²) in [6.07, 6.45) is 7.38. The molecule has 0 aromatic carbocycles. The standard InChI is InChI=1S/C16H27N3O2S/c1-13(2)5-7-16(12-20)6-4-8-19(11-16)9-15-17-14(10-22-3)18-21-15/h5,20H,4,6-12H2,1-3H3/t16-/m1/s1. The van der Waals surface area contributed by atoms with Gasteiger partial charge in [0.15, 0.2) is 5.82 Å². The maximum absolute atomic E-state index is 9.90. The number of nitrogens with zero attached hydrogens (tertiary/aromatic N) is 3. The molecule has 0 aliphatic carbocycles. The fraction of sp³-hybridized carbons (Fsp3) is 0.750. The number of hydrogen-bond donors (Lipinski definition) is 1. The van der Waals surface area contributed by atoms with Crippen LogP contribution in [0, 0.1) is 5.41 Å². The Morgan fingerprint density at radius 1 is 1.50 bits per heavy atom. The van der Waals surface area contributed by atoms with E-state index in [4.69, 9.17) is 4.52 Å². The van der Waals surface area contributed by atoms with Gasteiger partial charge >= 0.3 is 0 Å². The molecule has 0 radical (unpaired) electrons. The van der Waals surface area contributed by atoms with Gasteiger partial charge in [-0.1, -0.05) is 16.8 Å². The molecule has 1 saturated heterocycles. The Labute approximate surface area is 137 Å². The predicted molar refractivity (Wildman–Crippen MR) is 89.6 cm³/mol. The van der Waals surface area contributed by atoms with Gasteiger partial charge in [-0.2, -0.15) is 16.7 Å². The molecule has 1 N–H and O–H groups in total. The molecule has 1 aliphatic heterocycles. The van der Waals surface area contributed by atoms with Crippen molar-refractivity contribution < 1.29 is 9.63 Å². The molecule has 2 heterocycles. The van der Waals surface area contributed by atoms with Crippen molar-refractivity contribution in [3.05, 3.63) is 23.4 Å². The first-order valence-corrected chi connectivity index (χ1v) is 9.23. The summed E-state index contributed by atoms with van der Waals surface area (Å²) in [4.78, 5) is 6.76. The third-order valence-corrected chi connectivity index (χ3v) is 4.71. The van der Waals surface area contributed by atoms with Crippen LogP contribution >= 0.6 is 11.8 Å². The number of piperidine rings is 1. The van der Waals surface area contributed by atoms with Gasteiger partial charge in [0.25, 0.3) is 0 Å². The van der Waals surface area contributed by atoms with Gasteiger partial charge in [-0.05, 0) is 45.9 Å². The van der Waals surface area contributed by atoms with Crippen LogP contribution in [-0.2, 0) is 12.3 Å². The maximum Gasteiger partial charge on any atom is 0.240 e. The van der Waals surface area contributed by atoms with Crippen molar-refractivity contribution in [2.24, 2.45) is 5.41 Å². The molecule has 0 bridgehead atoms. The van der Waals surface area contributed by atoms with Crippen LogP contribution in [0.5, 0.6) is 0 Å². The molecule has 124 valence electrons. The van der Waals surface area contributed by atoms with Crippen LogP contribution in [0.1, 0.15) is 44.8 Å². The minimum Gasteiger partial charge on any atom is -0.396 e. The monoisotopic (exact) mass is 325 g/mol. The van der Waals surface area contributed by atoms with Crippen LogP contribution < -0.4 is 0 Å². The van der Waals surface area contributed by atoms with Crippen molar-refractivity contribution in [3.8, 4) is 0 Å². The van der Waals surface area contributed by atoms with E-state index < -0.39 is 0 Å². The van der Waals surface area contributed by atoms with E-state index in [0.29, 0.717) is 12.4 Å². The third kappa shape index (κ3) is 4.83. The zero-order valence-corrected chi connectivity index (χ0v) is 14.7. The number of aromatic nitrogens is 2. The van der Waals surface area contributed by atoms with Gasteiger partial charge in [0.2, 0.25) is 5.89 Å². The highest BCUT2D eigenvalue weighted by Gasteiger charge is 2.34. The highest BCUT2D eigenvalue weighted by atomic mass is 32.2. The van der Waals surface area contributed by atoms with Gasteiger partial charge in [-0.3, -0.25) is 4.90 Å². The summed E-state index contributed by atoms with van der Waals surface area (Å²) in [6, 6.07) is 0. The highest BCUT2D eigenvalue weighted by Crippen LogP contribution is 2.34. The summed E-state index contributed by atoms with van der Waals surface area (Å²) >= 11 is 1.69. The Bertz CT molecular complexity index is 499. The molecule has 1 aromatic rings. The highest BCUT2D eigenvalue weighted by molar-refractivity contribution is 7.97. The van der Waals surface area contributed by atoms with E-state index in [-0.39, 0.29) is 12.0 Å². The summed E-state index contributed by atoms with van der Waals surface area (Å²) in [5.41, 5.74) is 1.28. The van der Waals surface area contributed by atoms with Crippen molar-refractivity contribution in [3.63, 3.8) is 0 Å². The fourth-order valence-corrected chi connectivity index (χ4v) is 3.33. The number of likely N-dealkylation sites (tertiary alicyclic amines) is 1. The first kappa shape index (κ1) is 17.5. The molecule has 1 atom stereocenters. The lowest BCUT2D eigenvalue weighted by atomic mass is 9.77. The summed E-state index contributed by atoms with van der Waals surface area (Å²) in [5, 5.41) is 13.9. The molecule has 0 saturated carbocycles. The Balaban J connectivity index is 1.97. The van der Waals surface area contributed by atoms with Crippen molar-refractivity contribution >= 4 is 11.8 Å². The van der Waals surface area contributed by atoms with Crippen molar-refractivity contribution in [2.45, 2.75) is 45.4 Å². The van der Waals surface area contributed by atoms with E-state index in [1.54, 1.807) is 11.8 Å². The third-order valence-electron chi connectivity index (χ3n) is 4.16. The lowest BCUT2D eigenvalue weighted by Crippen LogP contribution is -2.44. The lowest BCUT2D eigenvalue weighted by molar-refractivity contribution is 0.0265. The Kier molecular flexibility index (Phi) is 6.47. The van der Waals surface area contributed by atoms with Gasteiger partial charge in [0.1, 0.15) is 0 Å². The molecule has 1 aliphatic rings. The largest absolute Gasteiger partial charge is 0.396 e. The second-order valence-corrected chi connectivity index (χ2v) is 7.36. The minimum absolute atomic E-state index is 0.0301. The first-order chi connectivity index (χ1) is 10.6. The van der Waals surface area contributed by atoms with Gasteiger partial charge < -0.3 is 9.63 Å². The molecular weight excluding hydrogens is 298 g/mol. The van der Waals surface area contributed by atoms with Crippen LogP contribution in [0.2, 0.25) is 0 Å². The van der Waals surface area contributed by atoms with E-state index in [0.717, 1.165) is 43.9 Å². The molecule has 6 heteroatoms. The van der Waals surface area contributed by atoms with Gasteiger partial charge in [0, 0.05) is 12.0 Å². The average molecular weight is 325 g/mol. The molecule has 5 nitrogen and oxygen atoms in total. The van der Waals surface area contributed by atoms with E-state index in [1.165, 1.54) is 5.57 Å². The topological polar surface area (TPSA) is 62.4 Å². The minimum atomic E-state index is -0.0301. The summed E-state index contributed by atoms with van der Waals surface area (Å²) in [5.74, 6) is 2.22. The molecule has 2 rings (SSSR count). The van der Waals surface area contributed by atoms with Gasteiger partial charge in [-0.25, -0.2) is 0 Å². The molecule has 0 amide bonds. The van der Waals surface area contributed by atoms with Crippen LogP contribution in [-0.4, -0.2) is 46.1 Å². The van der Waals surface area contributed by atoms with Crippen molar-refractivity contribution in [1.29, 1.82) is 0 Å². The predicted octanol–water partition coefficient (Wildman–Crippen LogP) is 2.86. The van der Waals surface area contributed by atoms with E-state index in [2.05, 4.69) is 35.0 Å². The first-order valence-electron chi connectivity index (χ1n) is 7.84. The van der Waals surface area contributed by atoms with Crippen LogP contribution in [0.15, 0.2) is 16.2 Å². The molecule has 22 heavy (non-hydrogen) atoms. The molecule has 0 spiro atoms. The SMILES string of the molecule is CSCc1noc(CN2CCC[C@@](CO)(CC=C(C)C)C2)n1. The van der Waals surface area contributed by atoms with E-state index in [1.807, 2.05) is 6.26 Å². The Morgan fingerprint density at radius 3 is 3.00 bits per heavy atom. The summed E-state index contributed by atoms with van der Waals surface area (Å²) in [6.45, 7) is 7.03. The smallest absolute Gasteiger partial charge is 0.240 e. The van der Waals surface area contributed by atoms with Gasteiger partial charge in [0.05, 0.1) is 18.9 Å². The number of aliphatic hydroxyl groups is 1. The molecular formula is C16H27N3O2S. The number of rotatable bonds is 7. The number of hydrogen-bond acceptors (Lipinski definition) is 6. The number of aliphatic hydroxyl groups excluding tert-OH is 1. The summed E-state index contributed by atoms with van der Waals surface area (Å²) in [7, 11) is 0. The molecule has 0 unspecified atom stereocenters.